The first-order valence-electron chi connectivity index (χ1n) is 6.14. The molecule has 0 aliphatic rings. The van der Waals surface area contributed by atoms with E-state index in [-0.39, 0.29) is 18.6 Å². The zero-order chi connectivity index (χ0) is 14.2. The maximum atomic E-state index is 11.5. The normalized spacial score (nSPS) is 12.3. The van der Waals surface area contributed by atoms with Crippen LogP contribution >= 0.6 is 0 Å². The van der Waals surface area contributed by atoms with Crippen LogP contribution in [0.4, 0.5) is 0 Å². The topological polar surface area (TPSA) is 86.7 Å². The Hall–Kier alpha value is -0.660. The van der Waals surface area contributed by atoms with Crippen LogP contribution in [-0.2, 0) is 14.8 Å². The van der Waals surface area contributed by atoms with Gasteiger partial charge in [-0.3, -0.25) is 4.79 Å². The van der Waals surface area contributed by atoms with Crippen molar-refractivity contribution in [3.05, 3.63) is 0 Å². The fourth-order valence-corrected chi connectivity index (χ4v) is 2.42. The third kappa shape index (κ3) is 9.38. The summed E-state index contributed by atoms with van der Waals surface area (Å²) < 4.78 is 25.4. The molecule has 7 heteroatoms. The number of hydrogen-bond acceptors (Lipinski definition) is 4. The largest absolute Gasteiger partial charge is 0.481 e. The molecule has 0 saturated carbocycles. The van der Waals surface area contributed by atoms with Crippen molar-refractivity contribution in [3.63, 3.8) is 0 Å². The lowest BCUT2D eigenvalue weighted by molar-refractivity contribution is -0.137. The van der Waals surface area contributed by atoms with Gasteiger partial charge in [0.15, 0.2) is 0 Å². The summed E-state index contributed by atoms with van der Waals surface area (Å²) in [5, 5.41) is 8.42. The molecular formula is C11H24N2O4S. The van der Waals surface area contributed by atoms with Gasteiger partial charge in [0.05, 0.1) is 5.75 Å². The predicted molar refractivity (Wildman–Crippen MR) is 71.0 cm³/mol. The zero-order valence-electron chi connectivity index (χ0n) is 11.3. The molecule has 0 aliphatic carbocycles. The third-order valence-corrected chi connectivity index (χ3v) is 4.16. The van der Waals surface area contributed by atoms with Crippen molar-refractivity contribution in [2.45, 2.75) is 39.2 Å². The smallest absolute Gasteiger partial charge is 0.303 e. The Morgan fingerprint density at radius 3 is 2.44 bits per heavy atom. The molecule has 0 amide bonds. The Labute approximate surface area is 109 Å². The molecule has 0 radical (unpaired) electrons. The third-order valence-electron chi connectivity index (χ3n) is 2.69. The Bertz CT molecular complexity index is 341. The van der Waals surface area contributed by atoms with E-state index in [0.29, 0.717) is 12.6 Å². The molecule has 0 rings (SSSR count). The Morgan fingerprint density at radius 2 is 1.94 bits per heavy atom. The lowest BCUT2D eigenvalue weighted by atomic mass is 10.3. The van der Waals surface area contributed by atoms with Gasteiger partial charge in [-0.05, 0) is 40.3 Å². The van der Waals surface area contributed by atoms with E-state index in [4.69, 9.17) is 5.11 Å². The summed E-state index contributed by atoms with van der Waals surface area (Å²) in [6, 6.07) is 0.442. The van der Waals surface area contributed by atoms with E-state index < -0.39 is 16.0 Å². The molecule has 0 saturated heterocycles. The maximum absolute atomic E-state index is 11.5. The molecule has 0 atom stereocenters. The Balaban J connectivity index is 3.74. The average molecular weight is 280 g/mol. The minimum absolute atomic E-state index is 0.114. The first-order chi connectivity index (χ1) is 8.24. The van der Waals surface area contributed by atoms with Crippen LogP contribution in [0, 0.1) is 0 Å². The highest BCUT2D eigenvalue weighted by Gasteiger charge is 2.10. The van der Waals surface area contributed by atoms with Crippen LogP contribution in [0.3, 0.4) is 0 Å². The molecule has 0 heterocycles. The summed E-state index contributed by atoms with van der Waals surface area (Å²) in [7, 11) is -1.34. The number of aliphatic carboxylic acids is 1. The average Bonchev–Trinajstić information content (AvgIpc) is 2.23. The van der Waals surface area contributed by atoms with E-state index in [9.17, 15) is 13.2 Å². The molecule has 0 spiro atoms. The van der Waals surface area contributed by atoms with Gasteiger partial charge in [-0.25, -0.2) is 13.1 Å². The molecule has 2 N–H and O–H groups in total. The van der Waals surface area contributed by atoms with Crippen molar-refractivity contribution in [2.24, 2.45) is 0 Å². The lowest BCUT2D eigenvalue weighted by Gasteiger charge is -2.20. The van der Waals surface area contributed by atoms with Gasteiger partial charge in [-0.2, -0.15) is 0 Å². The van der Waals surface area contributed by atoms with Crippen LogP contribution in [0.1, 0.15) is 33.1 Å². The highest BCUT2D eigenvalue weighted by atomic mass is 32.2. The molecule has 108 valence electrons. The van der Waals surface area contributed by atoms with Crippen LogP contribution in [0.15, 0.2) is 0 Å². The van der Waals surface area contributed by atoms with Crippen LogP contribution in [-0.4, -0.2) is 56.3 Å². The van der Waals surface area contributed by atoms with Gasteiger partial charge < -0.3 is 10.0 Å². The van der Waals surface area contributed by atoms with Gasteiger partial charge in [0, 0.05) is 19.0 Å². The van der Waals surface area contributed by atoms with Gasteiger partial charge in [-0.15, -0.1) is 0 Å². The number of rotatable bonds is 10. The number of nitrogens with zero attached hydrogens (tertiary/aromatic N) is 1. The maximum Gasteiger partial charge on any atom is 0.303 e. The summed E-state index contributed by atoms with van der Waals surface area (Å²) in [6.07, 6.45) is 0.778. The van der Waals surface area contributed by atoms with Crippen molar-refractivity contribution in [1.29, 1.82) is 0 Å². The van der Waals surface area contributed by atoms with Crippen LogP contribution in [0.2, 0.25) is 0 Å². The van der Waals surface area contributed by atoms with E-state index in [1.54, 1.807) is 0 Å². The Kier molecular flexibility index (Phi) is 8.13. The number of carboxylic acids is 1. The highest BCUT2D eigenvalue weighted by molar-refractivity contribution is 7.89. The zero-order valence-corrected chi connectivity index (χ0v) is 12.2. The van der Waals surface area contributed by atoms with Gasteiger partial charge in [0.1, 0.15) is 0 Å². The molecule has 0 aliphatic heterocycles. The fourth-order valence-electron chi connectivity index (χ4n) is 1.30. The SMILES string of the molecule is CC(C)N(C)CCCNS(=O)(=O)CCCC(=O)O. The first-order valence-corrected chi connectivity index (χ1v) is 7.79. The molecule has 0 aromatic rings. The van der Waals surface area contributed by atoms with E-state index in [1.807, 2.05) is 7.05 Å². The van der Waals surface area contributed by atoms with Crippen molar-refractivity contribution in [2.75, 3.05) is 25.9 Å². The summed E-state index contributed by atoms with van der Waals surface area (Å²) in [5.74, 6) is -1.09. The van der Waals surface area contributed by atoms with Gasteiger partial charge in [-0.1, -0.05) is 0 Å². The molecule has 0 aromatic heterocycles. The minimum Gasteiger partial charge on any atom is -0.481 e. The van der Waals surface area contributed by atoms with Crippen LogP contribution in [0.25, 0.3) is 0 Å². The molecule has 0 bridgehead atoms. The molecule has 18 heavy (non-hydrogen) atoms. The van der Waals surface area contributed by atoms with Crippen LogP contribution < -0.4 is 4.72 Å². The molecule has 0 fully saturated rings. The lowest BCUT2D eigenvalue weighted by Crippen LogP contribution is -2.32. The van der Waals surface area contributed by atoms with Gasteiger partial charge in [0.2, 0.25) is 10.0 Å². The molecule has 0 unspecified atom stereocenters. The van der Waals surface area contributed by atoms with Crippen molar-refractivity contribution >= 4 is 16.0 Å². The number of carbonyl (C=O) groups is 1. The standard InChI is InChI=1S/C11H24N2O4S/c1-10(2)13(3)8-5-7-12-18(16,17)9-4-6-11(14)15/h10,12H,4-9H2,1-3H3,(H,14,15). The molecular weight excluding hydrogens is 256 g/mol. The summed E-state index contributed by atoms with van der Waals surface area (Å²) in [5.41, 5.74) is 0. The van der Waals surface area contributed by atoms with Crippen molar-refractivity contribution in [3.8, 4) is 0 Å². The van der Waals surface area contributed by atoms with Crippen molar-refractivity contribution < 1.29 is 18.3 Å². The van der Waals surface area contributed by atoms with Crippen molar-refractivity contribution in [1.82, 2.24) is 9.62 Å². The van der Waals surface area contributed by atoms with E-state index >= 15 is 0 Å². The predicted octanol–water partition coefficient (Wildman–Crippen LogP) is 0.501. The first kappa shape index (κ1) is 17.3. The van der Waals surface area contributed by atoms with Gasteiger partial charge >= 0.3 is 5.97 Å². The second-order valence-corrected chi connectivity index (χ2v) is 6.56. The number of carboxylic acid groups (broad SMARTS) is 1. The number of nitrogens with one attached hydrogen (secondary N) is 1. The summed E-state index contributed by atoms with van der Waals surface area (Å²) in [6.45, 7) is 5.38. The second-order valence-electron chi connectivity index (χ2n) is 4.64. The van der Waals surface area contributed by atoms with E-state index in [1.165, 1.54) is 0 Å². The van der Waals surface area contributed by atoms with E-state index in [0.717, 1.165) is 13.0 Å². The summed E-state index contributed by atoms with van der Waals surface area (Å²) >= 11 is 0. The number of sulfonamides is 1. The molecule has 6 nitrogen and oxygen atoms in total. The monoisotopic (exact) mass is 280 g/mol. The highest BCUT2D eigenvalue weighted by Crippen LogP contribution is 1.97. The van der Waals surface area contributed by atoms with Gasteiger partial charge in [0.25, 0.3) is 0 Å². The Morgan fingerprint density at radius 1 is 1.33 bits per heavy atom. The fraction of sp³-hybridized carbons (Fsp3) is 0.909. The quantitative estimate of drug-likeness (QED) is 0.569. The number of hydrogen-bond donors (Lipinski definition) is 2. The van der Waals surface area contributed by atoms with E-state index in [2.05, 4.69) is 23.5 Å². The second kappa shape index (κ2) is 8.44. The minimum atomic E-state index is -3.33. The molecule has 0 aromatic carbocycles. The summed E-state index contributed by atoms with van der Waals surface area (Å²) in [4.78, 5) is 12.4. The van der Waals surface area contributed by atoms with Crippen LogP contribution in [0.5, 0.6) is 0 Å².